The number of rotatable bonds is 6. The largest absolute Gasteiger partial charge is 0.383 e. The van der Waals surface area contributed by atoms with Crippen molar-refractivity contribution in [1.82, 2.24) is 0 Å². The van der Waals surface area contributed by atoms with Gasteiger partial charge in [0.05, 0.1) is 6.61 Å². The molecule has 0 aliphatic heterocycles. The van der Waals surface area contributed by atoms with Crippen LogP contribution in [0.2, 0.25) is 0 Å². The zero-order valence-corrected chi connectivity index (χ0v) is 9.45. The molecule has 3 nitrogen and oxygen atoms in total. The molecule has 3 N–H and O–H groups in total. The van der Waals surface area contributed by atoms with Crippen LogP contribution in [0.1, 0.15) is 18.4 Å². The molecule has 1 atom stereocenters. The summed E-state index contributed by atoms with van der Waals surface area (Å²) in [6.45, 7) is 0.686. The molecule has 1 aromatic carbocycles. The summed E-state index contributed by atoms with van der Waals surface area (Å²) in [4.78, 5) is 0. The van der Waals surface area contributed by atoms with Crippen LogP contribution in [0.4, 0.5) is 4.39 Å². The molecule has 1 aromatic rings. The number of hydrogen-bond acceptors (Lipinski definition) is 3. The number of methoxy groups -OCH3 is 1. The lowest BCUT2D eigenvalue weighted by atomic mass is 9.90. The van der Waals surface area contributed by atoms with Crippen molar-refractivity contribution in [1.29, 1.82) is 0 Å². The molecule has 0 amide bonds. The van der Waals surface area contributed by atoms with Gasteiger partial charge in [0, 0.05) is 7.11 Å². The van der Waals surface area contributed by atoms with Gasteiger partial charge in [0.25, 0.3) is 0 Å². The van der Waals surface area contributed by atoms with Crippen LogP contribution in [0.5, 0.6) is 0 Å². The molecule has 16 heavy (non-hydrogen) atoms. The lowest BCUT2D eigenvalue weighted by molar-refractivity contribution is -0.0430. The zero-order chi connectivity index (χ0) is 12.0. The summed E-state index contributed by atoms with van der Waals surface area (Å²) in [5.74, 6) is -0.317. The van der Waals surface area contributed by atoms with Crippen LogP contribution in [0.25, 0.3) is 0 Å². The molecular weight excluding hydrogens is 209 g/mol. The Bertz CT molecular complexity index is 315. The van der Waals surface area contributed by atoms with Crippen molar-refractivity contribution >= 4 is 0 Å². The van der Waals surface area contributed by atoms with E-state index in [1.807, 2.05) is 0 Å². The maximum atomic E-state index is 12.8. The van der Waals surface area contributed by atoms with E-state index in [1.54, 1.807) is 12.1 Å². The Hall–Kier alpha value is -0.970. The number of hydrogen-bond donors (Lipinski definition) is 2. The fraction of sp³-hybridized carbons (Fsp3) is 0.500. The van der Waals surface area contributed by atoms with E-state index in [0.29, 0.717) is 24.9 Å². The average molecular weight is 227 g/mol. The number of ether oxygens (including phenoxy) is 1. The standard InChI is InChI=1S/C12H18FNO2/c1-16-9-12(15,7-2-8-14)10-3-5-11(13)6-4-10/h3-6,15H,2,7-9,14H2,1H3. The Morgan fingerprint density at radius 2 is 2.00 bits per heavy atom. The minimum Gasteiger partial charge on any atom is -0.383 e. The Balaban J connectivity index is 2.86. The third-order valence-corrected chi connectivity index (χ3v) is 2.56. The zero-order valence-electron chi connectivity index (χ0n) is 9.45. The molecule has 1 rings (SSSR count). The van der Waals surface area contributed by atoms with Crippen molar-refractivity contribution in [3.8, 4) is 0 Å². The summed E-state index contributed by atoms with van der Waals surface area (Å²) in [6, 6.07) is 5.81. The highest BCUT2D eigenvalue weighted by Crippen LogP contribution is 2.26. The smallest absolute Gasteiger partial charge is 0.123 e. The first-order chi connectivity index (χ1) is 7.62. The van der Waals surface area contributed by atoms with Crippen LogP contribution in [0.3, 0.4) is 0 Å². The third-order valence-electron chi connectivity index (χ3n) is 2.56. The predicted molar refractivity (Wildman–Crippen MR) is 60.5 cm³/mol. The lowest BCUT2D eigenvalue weighted by Crippen LogP contribution is -2.32. The van der Waals surface area contributed by atoms with E-state index in [-0.39, 0.29) is 12.4 Å². The van der Waals surface area contributed by atoms with Gasteiger partial charge < -0.3 is 15.6 Å². The topological polar surface area (TPSA) is 55.5 Å². The molecule has 0 radical (unpaired) electrons. The Morgan fingerprint density at radius 3 is 2.50 bits per heavy atom. The van der Waals surface area contributed by atoms with Crippen molar-refractivity contribution < 1.29 is 14.2 Å². The first kappa shape index (κ1) is 13.1. The van der Waals surface area contributed by atoms with Gasteiger partial charge >= 0.3 is 0 Å². The van der Waals surface area contributed by atoms with Crippen LogP contribution in [0, 0.1) is 5.82 Å². The fourth-order valence-electron chi connectivity index (χ4n) is 1.69. The molecule has 0 bridgehead atoms. The number of nitrogens with two attached hydrogens (primary N) is 1. The summed E-state index contributed by atoms with van der Waals surface area (Å²) in [7, 11) is 1.52. The Labute approximate surface area is 95.0 Å². The predicted octanol–water partition coefficient (Wildman–Crippen LogP) is 1.40. The molecule has 0 aliphatic carbocycles. The van der Waals surface area contributed by atoms with Crippen LogP contribution < -0.4 is 5.73 Å². The highest BCUT2D eigenvalue weighted by molar-refractivity contribution is 5.23. The molecular formula is C12H18FNO2. The second-order valence-electron chi connectivity index (χ2n) is 3.86. The van der Waals surface area contributed by atoms with Gasteiger partial charge in [0.15, 0.2) is 0 Å². The number of halogens is 1. The third kappa shape index (κ3) is 3.27. The van der Waals surface area contributed by atoms with Gasteiger partial charge in [0.1, 0.15) is 11.4 Å². The second kappa shape index (κ2) is 5.94. The second-order valence-corrected chi connectivity index (χ2v) is 3.86. The highest BCUT2D eigenvalue weighted by Gasteiger charge is 2.28. The SMILES string of the molecule is COCC(O)(CCCN)c1ccc(F)cc1. The maximum Gasteiger partial charge on any atom is 0.123 e. The summed E-state index contributed by atoms with van der Waals surface area (Å²) in [5.41, 5.74) is 5.00. The number of aliphatic hydroxyl groups is 1. The van der Waals surface area contributed by atoms with Crippen molar-refractivity contribution in [3.63, 3.8) is 0 Å². The quantitative estimate of drug-likeness (QED) is 0.772. The van der Waals surface area contributed by atoms with E-state index in [4.69, 9.17) is 10.5 Å². The van der Waals surface area contributed by atoms with Crippen LogP contribution in [-0.2, 0) is 10.3 Å². The molecule has 0 fully saturated rings. The van der Waals surface area contributed by atoms with Crippen LogP contribution in [-0.4, -0.2) is 25.4 Å². The fourth-order valence-corrected chi connectivity index (χ4v) is 1.69. The van der Waals surface area contributed by atoms with Crippen LogP contribution >= 0.6 is 0 Å². The van der Waals surface area contributed by atoms with E-state index in [0.717, 1.165) is 0 Å². The Kier molecular flexibility index (Phi) is 4.86. The van der Waals surface area contributed by atoms with Gasteiger partial charge in [0.2, 0.25) is 0 Å². The van der Waals surface area contributed by atoms with Crippen molar-refractivity contribution in [2.75, 3.05) is 20.3 Å². The minimum absolute atomic E-state index is 0.179. The molecule has 0 spiro atoms. The average Bonchev–Trinajstić information content (AvgIpc) is 2.27. The summed E-state index contributed by atoms with van der Waals surface area (Å²) < 4.78 is 17.8. The van der Waals surface area contributed by atoms with Gasteiger partial charge in [-0.2, -0.15) is 0 Å². The van der Waals surface area contributed by atoms with Gasteiger partial charge in [-0.3, -0.25) is 0 Å². The summed E-state index contributed by atoms with van der Waals surface area (Å²) in [5, 5.41) is 10.4. The first-order valence-electron chi connectivity index (χ1n) is 5.30. The monoisotopic (exact) mass is 227 g/mol. The van der Waals surface area contributed by atoms with E-state index in [1.165, 1.54) is 19.2 Å². The summed E-state index contributed by atoms with van der Waals surface area (Å²) in [6.07, 6.45) is 1.19. The Morgan fingerprint density at radius 1 is 1.38 bits per heavy atom. The maximum absolute atomic E-state index is 12.8. The first-order valence-corrected chi connectivity index (χ1v) is 5.30. The normalized spacial score (nSPS) is 14.8. The number of benzene rings is 1. The van der Waals surface area contributed by atoms with Crippen molar-refractivity contribution in [2.45, 2.75) is 18.4 Å². The molecule has 90 valence electrons. The van der Waals surface area contributed by atoms with E-state index >= 15 is 0 Å². The molecule has 1 unspecified atom stereocenters. The van der Waals surface area contributed by atoms with Gasteiger partial charge in [-0.05, 0) is 37.1 Å². The van der Waals surface area contributed by atoms with Gasteiger partial charge in [-0.1, -0.05) is 12.1 Å². The summed E-state index contributed by atoms with van der Waals surface area (Å²) >= 11 is 0. The molecule has 0 heterocycles. The van der Waals surface area contributed by atoms with Gasteiger partial charge in [-0.25, -0.2) is 4.39 Å². The van der Waals surface area contributed by atoms with Gasteiger partial charge in [-0.15, -0.1) is 0 Å². The highest BCUT2D eigenvalue weighted by atomic mass is 19.1. The molecule has 0 aromatic heterocycles. The van der Waals surface area contributed by atoms with E-state index < -0.39 is 5.60 Å². The van der Waals surface area contributed by atoms with Crippen molar-refractivity contribution in [3.05, 3.63) is 35.6 Å². The lowest BCUT2D eigenvalue weighted by Gasteiger charge is -2.27. The molecule has 0 saturated heterocycles. The van der Waals surface area contributed by atoms with Crippen LogP contribution in [0.15, 0.2) is 24.3 Å². The minimum atomic E-state index is -1.08. The molecule has 0 aliphatic rings. The van der Waals surface area contributed by atoms with Crippen molar-refractivity contribution in [2.24, 2.45) is 5.73 Å². The van der Waals surface area contributed by atoms with E-state index in [9.17, 15) is 9.50 Å². The van der Waals surface area contributed by atoms with E-state index in [2.05, 4.69) is 0 Å². The molecule has 0 saturated carbocycles. The molecule has 4 heteroatoms.